The van der Waals surface area contributed by atoms with E-state index in [4.69, 9.17) is 9.47 Å². The van der Waals surface area contributed by atoms with Crippen LogP contribution in [0.15, 0.2) is 33.5 Å². The zero-order chi connectivity index (χ0) is 44.2. The number of aliphatic hydroxyl groups excluding tert-OH is 4. The minimum atomic E-state index is -1.39. The van der Waals surface area contributed by atoms with Crippen molar-refractivity contribution < 1.29 is 34.7 Å². The summed E-state index contributed by atoms with van der Waals surface area (Å²) >= 11 is 0. The van der Waals surface area contributed by atoms with Crippen molar-refractivity contribution in [3.8, 4) is 0 Å². The van der Waals surface area contributed by atoms with Crippen molar-refractivity contribution >= 4 is 5.97 Å². The van der Waals surface area contributed by atoms with Crippen LogP contribution >= 0.6 is 0 Å². The molecule has 0 amide bonds. The summed E-state index contributed by atoms with van der Waals surface area (Å²) in [5, 5.41) is 41.0. The summed E-state index contributed by atoms with van der Waals surface area (Å²) in [6.45, 7) is 17.4. The van der Waals surface area contributed by atoms with Crippen LogP contribution in [0.3, 0.4) is 0 Å². The zero-order valence-electron chi connectivity index (χ0n) is 38.6. The number of aromatic nitrogens is 2. The third-order valence-electron chi connectivity index (χ3n) is 18.7. The van der Waals surface area contributed by atoms with E-state index in [0.717, 1.165) is 112 Å². The zero-order valence-corrected chi connectivity index (χ0v) is 38.6. The molecule has 2 heterocycles. The summed E-state index contributed by atoms with van der Waals surface area (Å²) in [4.78, 5) is 40.0. The van der Waals surface area contributed by atoms with Gasteiger partial charge >= 0.3 is 11.7 Å². The highest BCUT2D eigenvalue weighted by molar-refractivity contribution is 5.78. The van der Waals surface area contributed by atoms with Crippen LogP contribution in [0.5, 0.6) is 0 Å². The van der Waals surface area contributed by atoms with Crippen LogP contribution in [0.2, 0.25) is 0 Å². The normalized spacial score (nSPS) is 40.0. The second-order valence-electron chi connectivity index (χ2n) is 22.8. The van der Waals surface area contributed by atoms with Crippen LogP contribution in [-0.4, -0.2) is 73.2 Å². The molecule has 344 valence electrons. The van der Waals surface area contributed by atoms with E-state index in [-0.39, 0.29) is 51.6 Å². The van der Waals surface area contributed by atoms with E-state index in [2.05, 4.69) is 54.5 Å². The van der Waals surface area contributed by atoms with Crippen LogP contribution in [0.1, 0.15) is 177 Å². The molecule has 1 aliphatic heterocycles. The first kappa shape index (κ1) is 46.7. The molecule has 1 unspecified atom stereocenters. The number of rotatable bonds is 15. The number of fused-ring (bicyclic) bond motifs is 7. The number of aliphatic hydroxyl groups is 4. The average Bonchev–Trinajstić information content (AvgIpc) is 3.49. The van der Waals surface area contributed by atoms with Crippen LogP contribution in [-0.2, 0) is 20.8 Å². The molecule has 4 saturated carbocycles. The number of hydrogen-bond acceptors (Lipinski definition) is 9. The lowest BCUT2D eigenvalue weighted by Crippen LogP contribution is -2.65. The van der Waals surface area contributed by atoms with E-state index in [1.54, 1.807) is 5.57 Å². The number of unbranched alkanes of at least 4 members (excludes halogenated alkanes) is 8. The smallest absolute Gasteiger partial charge is 0.333 e. The van der Waals surface area contributed by atoms with Gasteiger partial charge in [-0.05, 0) is 122 Å². The molecule has 1 saturated heterocycles. The molecule has 61 heavy (non-hydrogen) atoms. The van der Waals surface area contributed by atoms with E-state index in [0.29, 0.717) is 24.9 Å². The molecule has 0 aromatic carbocycles. The van der Waals surface area contributed by atoms with Crippen LogP contribution in [0.4, 0.5) is 0 Å². The fourth-order valence-electron chi connectivity index (χ4n) is 14.6. The summed E-state index contributed by atoms with van der Waals surface area (Å²) in [6, 6.07) is 1.26. The molecule has 0 spiro atoms. The fourth-order valence-corrected chi connectivity index (χ4v) is 14.6. The Hall–Kier alpha value is -2.31. The van der Waals surface area contributed by atoms with Gasteiger partial charge in [0.05, 0.1) is 24.7 Å². The van der Waals surface area contributed by atoms with E-state index >= 15 is 0 Å². The highest BCUT2D eigenvalue weighted by Gasteiger charge is 2.69. The minimum absolute atomic E-state index is 0.0530. The summed E-state index contributed by atoms with van der Waals surface area (Å²) in [5.41, 5.74) is 0.686. The van der Waals surface area contributed by atoms with Gasteiger partial charge in [0.1, 0.15) is 18.3 Å². The quantitative estimate of drug-likeness (QED) is 0.0784. The largest absolute Gasteiger partial charge is 0.465 e. The van der Waals surface area contributed by atoms with Gasteiger partial charge in [-0.2, -0.15) is 0 Å². The first-order chi connectivity index (χ1) is 28.8. The van der Waals surface area contributed by atoms with Crippen molar-refractivity contribution in [2.24, 2.45) is 50.2 Å². The maximum atomic E-state index is 14.4. The number of allylic oxidation sites excluding steroid dienone is 2. The number of carbonyl (C=O) groups is 1. The number of ether oxygens (including phenoxy) is 2. The lowest BCUT2D eigenvalue weighted by Gasteiger charge is -2.71. The molecule has 11 nitrogen and oxygen atoms in total. The van der Waals surface area contributed by atoms with Gasteiger partial charge in [0.2, 0.25) is 0 Å². The molecular formula is C50H80N2O9. The SMILES string of the molecule is CC1(C)CC[C@]2(C(=O)OCCCCCCCCCCCn3c(=O)ccn([C@@H]4O[C@H](CO)[C@@H](O)[C@H]4O)c3=O)CC[C@]3(C)C(=CC[C@@H]4[C@@]5(C)CC[C@H](O)C(C)(C)C5CC[C@]43C)[C@@H]2C1. The predicted molar refractivity (Wildman–Crippen MR) is 236 cm³/mol. The number of esters is 1. The monoisotopic (exact) mass is 853 g/mol. The van der Waals surface area contributed by atoms with Crippen LogP contribution in [0, 0.1) is 50.2 Å². The van der Waals surface area contributed by atoms with Crippen molar-refractivity contribution in [1.29, 1.82) is 0 Å². The lowest BCUT2D eigenvalue weighted by molar-refractivity contribution is -0.206. The van der Waals surface area contributed by atoms with Gasteiger partial charge < -0.3 is 29.9 Å². The fraction of sp³-hybridized carbons (Fsp3) is 0.860. The van der Waals surface area contributed by atoms with Crippen molar-refractivity contribution in [3.05, 3.63) is 44.8 Å². The van der Waals surface area contributed by atoms with Gasteiger partial charge in [-0.25, -0.2) is 4.79 Å². The van der Waals surface area contributed by atoms with E-state index in [1.807, 2.05) is 0 Å². The molecule has 0 radical (unpaired) electrons. The number of nitrogens with zero attached hydrogens (tertiary/aromatic N) is 2. The summed E-state index contributed by atoms with van der Waals surface area (Å²) in [6.07, 6.45) is 18.1. The second kappa shape index (κ2) is 17.6. The molecule has 5 fully saturated rings. The molecule has 6 aliphatic rings. The molecule has 11 heteroatoms. The number of hydrogen-bond donors (Lipinski definition) is 4. The Morgan fingerprint density at radius 1 is 0.803 bits per heavy atom. The van der Waals surface area contributed by atoms with Gasteiger partial charge in [0, 0.05) is 18.8 Å². The third-order valence-corrected chi connectivity index (χ3v) is 18.7. The molecule has 12 atom stereocenters. The number of carbonyl (C=O) groups excluding carboxylic acids is 1. The summed E-state index contributed by atoms with van der Waals surface area (Å²) in [5.74, 6) is 1.40. The molecule has 1 aromatic heterocycles. The van der Waals surface area contributed by atoms with Gasteiger partial charge in [-0.3, -0.25) is 18.7 Å². The summed E-state index contributed by atoms with van der Waals surface area (Å²) < 4.78 is 14.0. The van der Waals surface area contributed by atoms with Crippen molar-refractivity contribution in [2.45, 2.75) is 208 Å². The van der Waals surface area contributed by atoms with Gasteiger partial charge in [-0.1, -0.05) is 105 Å². The maximum Gasteiger partial charge on any atom is 0.333 e. The molecule has 5 aliphatic carbocycles. The highest BCUT2D eigenvalue weighted by atomic mass is 16.6. The molecule has 1 aromatic rings. The average molecular weight is 853 g/mol. The predicted octanol–water partition coefficient (Wildman–Crippen LogP) is 7.84. The Morgan fingerprint density at radius 3 is 2.13 bits per heavy atom. The van der Waals surface area contributed by atoms with Gasteiger partial charge in [-0.15, -0.1) is 0 Å². The van der Waals surface area contributed by atoms with Crippen molar-refractivity contribution in [3.63, 3.8) is 0 Å². The van der Waals surface area contributed by atoms with Crippen LogP contribution < -0.4 is 11.2 Å². The van der Waals surface area contributed by atoms with E-state index in [9.17, 15) is 34.8 Å². The standard InChI is InChI=1S/C50H80N2O9/c1-45(2)24-26-50(27-25-48(6)33(34(50)31-45)17-18-37-47(5)22-20-38(54)46(3,4)36(47)19-23-49(37,48)7)43(58)60-30-16-14-12-10-8-9-11-13-15-28-51-39(55)21-29-52(44(51)59)42-41(57)40(56)35(32-53)61-42/h17,21,29,34-38,40-42,53-54,56-57H,8-16,18-20,22-28,30-32H2,1-7H3/t34-,35+,36?,37+,38-,40+,41+,42+,47-,48+,49+,50-/m0/s1. The molecule has 0 bridgehead atoms. The molecular weight excluding hydrogens is 773 g/mol. The first-order valence-corrected chi connectivity index (χ1v) is 24.3. The van der Waals surface area contributed by atoms with Crippen molar-refractivity contribution in [2.75, 3.05) is 13.2 Å². The minimum Gasteiger partial charge on any atom is -0.465 e. The van der Waals surface area contributed by atoms with Gasteiger partial charge in [0.25, 0.3) is 5.56 Å². The Bertz CT molecular complexity index is 1890. The Balaban J connectivity index is 0.862. The van der Waals surface area contributed by atoms with E-state index < -0.39 is 47.8 Å². The third kappa shape index (κ3) is 8.09. The topological polar surface area (TPSA) is 160 Å². The van der Waals surface area contributed by atoms with Crippen molar-refractivity contribution in [1.82, 2.24) is 9.13 Å². The van der Waals surface area contributed by atoms with Crippen LogP contribution in [0.25, 0.3) is 0 Å². The maximum absolute atomic E-state index is 14.4. The van der Waals surface area contributed by atoms with Gasteiger partial charge in [0.15, 0.2) is 6.23 Å². The Kier molecular flexibility index (Phi) is 13.5. The summed E-state index contributed by atoms with van der Waals surface area (Å²) in [7, 11) is 0. The lowest BCUT2D eigenvalue weighted by atomic mass is 9.33. The molecule has 7 rings (SSSR count). The second-order valence-corrected chi connectivity index (χ2v) is 22.8. The first-order valence-electron chi connectivity index (χ1n) is 24.3. The Morgan fingerprint density at radius 2 is 1.46 bits per heavy atom. The van der Waals surface area contributed by atoms with E-state index in [1.165, 1.54) is 25.1 Å². The Labute approximate surface area is 364 Å². The molecule has 4 N–H and O–H groups in total. The highest BCUT2D eigenvalue weighted by Crippen LogP contribution is 2.75.